The lowest BCUT2D eigenvalue weighted by Gasteiger charge is -2.19. The first kappa shape index (κ1) is 20.9. The topological polar surface area (TPSA) is 59.6 Å². The lowest BCUT2D eigenvalue weighted by molar-refractivity contribution is -0.0149. The molecule has 0 fully saturated rings. The molecule has 0 spiro atoms. The highest BCUT2D eigenvalue weighted by Gasteiger charge is 2.09. The van der Waals surface area contributed by atoms with Crippen molar-refractivity contribution in [1.29, 1.82) is 0 Å². The summed E-state index contributed by atoms with van der Waals surface area (Å²) in [6.45, 7) is 13.7. The average molecular weight is 417 g/mol. The van der Waals surface area contributed by atoms with Crippen LogP contribution in [0.5, 0.6) is 0 Å². The fourth-order valence-electron chi connectivity index (χ4n) is 1.59. The third-order valence-electron chi connectivity index (χ3n) is 2.67. The summed E-state index contributed by atoms with van der Waals surface area (Å²) in [5.41, 5.74) is 8.95. The number of nitrogens with two attached hydrogens (primary N) is 1. The van der Waals surface area contributed by atoms with Crippen LogP contribution in [0.3, 0.4) is 0 Å². The van der Waals surface area contributed by atoms with Crippen LogP contribution < -0.4 is 11.1 Å². The Bertz CT molecular complexity index is 507. The fraction of sp³-hybridized carbons (Fsp3) is 0.471. The number of halogens is 1. The second-order valence-electron chi connectivity index (χ2n) is 6.23. The molecule has 4 nitrogen and oxygen atoms in total. The van der Waals surface area contributed by atoms with E-state index in [4.69, 9.17) is 10.5 Å². The van der Waals surface area contributed by atoms with Crippen LogP contribution in [0.25, 0.3) is 0 Å². The molecule has 124 valence electrons. The van der Waals surface area contributed by atoms with Crippen molar-refractivity contribution in [1.82, 2.24) is 5.32 Å². The zero-order valence-electron chi connectivity index (χ0n) is 14.0. The van der Waals surface area contributed by atoms with E-state index in [0.717, 1.165) is 16.7 Å². The van der Waals surface area contributed by atoms with Gasteiger partial charge in [-0.25, -0.2) is 4.99 Å². The van der Waals surface area contributed by atoms with Crippen molar-refractivity contribution in [2.45, 2.75) is 46.4 Å². The molecule has 0 aliphatic rings. The van der Waals surface area contributed by atoms with E-state index in [1.807, 2.05) is 19.1 Å². The minimum atomic E-state index is -0.134. The molecule has 0 aromatic heterocycles. The van der Waals surface area contributed by atoms with Gasteiger partial charge in [-0.3, -0.25) is 0 Å². The second-order valence-corrected chi connectivity index (χ2v) is 6.23. The Hall–Kier alpha value is -1.08. The molecule has 0 saturated heterocycles. The number of hydrogen-bond acceptors (Lipinski definition) is 2. The molecule has 0 radical (unpaired) electrons. The van der Waals surface area contributed by atoms with Crippen LogP contribution >= 0.6 is 24.0 Å². The van der Waals surface area contributed by atoms with Crippen molar-refractivity contribution in [3.63, 3.8) is 0 Å². The molecule has 0 amide bonds. The lowest BCUT2D eigenvalue weighted by Crippen LogP contribution is -2.32. The molecule has 0 bridgehead atoms. The first-order valence-electron chi connectivity index (χ1n) is 7.16. The third kappa shape index (κ3) is 9.78. The number of aliphatic imine (C=N–C) groups is 1. The van der Waals surface area contributed by atoms with Crippen molar-refractivity contribution >= 4 is 29.9 Å². The van der Waals surface area contributed by atoms with Crippen LogP contribution in [-0.4, -0.2) is 18.1 Å². The van der Waals surface area contributed by atoms with E-state index in [2.05, 4.69) is 49.8 Å². The van der Waals surface area contributed by atoms with E-state index in [9.17, 15) is 0 Å². The molecule has 1 rings (SSSR count). The average Bonchev–Trinajstić information content (AvgIpc) is 2.40. The quantitative estimate of drug-likeness (QED) is 0.322. The maximum atomic E-state index is 5.80. The Labute approximate surface area is 151 Å². The molecule has 0 aliphatic carbocycles. The number of hydrogen-bond donors (Lipinski definition) is 2. The standard InChI is InChI=1S/C17H27N3O.HI/c1-13(2)10-19-16(18)20-11-14-7-6-8-15(9-14)12-21-17(3,4)5;/h6-9H,1,10-12H2,2-5H3,(H3,18,19,20);1H. The predicted molar refractivity (Wildman–Crippen MR) is 105 cm³/mol. The predicted octanol–water partition coefficient (Wildman–Crippen LogP) is 3.60. The maximum absolute atomic E-state index is 5.80. The normalized spacial score (nSPS) is 11.7. The molecular formula is C17H28IN3O. The summed E-state index contributed by atoms with van der Waals surface area (Å²) >= 11 is 0. The van der Waals surface area contributed by atoms with Gasteiger partial charge in [0.2, 0.25) is 0 Å². The van der Waals surface area contributed by atoms with Crippen molar-refractivity contribution in [2.24, 2.45) is 10.7 Å². The summed E-state index contributed by atoms with van der Waals surface area (Å²) in [5, 5.41) is 3.02. The molecule has 0 aliphatic heterocycles. The lowest BCUT2D eigenvalue weighted by atomic mass is 10.1. The van der Waals surface area contributed by atoms with Gasteiger partial charge in [0.05, 0.1) is 18.8 Å². The Morgan fingerprint density at radius 1 is 1.32 bits per heavy atom. The Balaban J connectivity index is 0.00000441. The van der Waals surface area contributed by atoms with Gasteiger partial charge in [-0.2, -0.15) is 0 Å². The van der Waals surface area contributed by atoms with Gasteiger partial charge in [0.25, 0.3) is 0 Å². The van der Waals surface area contributed by atoms with Crippen LogP contribution in [-0.2, 0) is 17.9 Å². The van der Waals surface area contributed by atoms with Crippen molar-refractivity contribution in [3.8, 4) is 0 Å². The third-order valence-corrected chi connectivity index (χ3v) is 2.67. The van der Waals surface area contributed by atoms with Gasteiger partial charge in [-0.15, -0.1) is 24.0 Å². The number of guanidine groups is 1. The van der Waals surface area contributed by atoms with Crippen LogP contribution in [0.4, 0.5) is 0 Å². The summed E-state index contributed by atoms with van der Waals surface area (Å²) in [6, 6.07) is 8.21. The van der Waals surface area contributed by atoms with Gasteiger partial charge in [-0.1, -0.05) is 36.4 Å². The van der Waals surface area contributed by atoms with Gasteiger partial charge in [0.1, 0.15) is 0 Å². The van der Waals surface area contributed by atoms with E-state index in [1.54, 1.807) is 0 Å². The highest BCUT2D eigenvalue weighted by molar-refractivity contribution is 14.0. The van der Waals surface area contributed by atoms with E-state index in [1.165, 1.54) is 0 Å². The highest BCUT2D eigenvalue weighted by Crippen LogP contribution is 2.13. The van der Waals surface area contributed by atoms with Gasteiger partial charge < -0.3 is 15.8 Å². The van der Waals surface area contributed by atoms with Gasteiger partial charge in [0.15, 0.2) is 5.96 Å². The minimum absolute atomic E-state index is 0. The maximum Gasteiger partial charge on any atom is 0.189 e. The molecule has 22 heavy (non-hydrogen) atoms. The van der Waals surface area contributed by atoms with Gasteiger partial charge >= 0.3 is 0 Å². The van der Waals surface area contributed by atoms with Crippen LogP contribution in [0, 0.1) is 0 Å². The molecule has 1 aromatic rings. The molecule has 1 aromatic carbocycles. The smallest absolute Gasteiger partial charge is 0.189 e. The molecule has 0 saturated carbocycles. The number of rotatable bonds is 6. The van der Waals surface area contributed by atoms with E-state index in [-0.39, 0.29) is 29.6 Å². The summed E-state index contributed by atoms with van der Waals surface area (Å²) in [4.78, 5) is 4.32. The zero-order chi connectivity index (χ0) is 15.9. The summed E-state index contributed by atoms with van der Waals surface area (Å²) < 4.78 is 5.78. The number of nitrogens with one attached hydrogen (secondary N) is 1. The molecule has 3 N–H and O–H groups in total. The minimum Gasteiger partial charge on any atom is -0.371 e. The molecule has 0 atom stereocenters. The monoisotopic (exact) mass is 417 g/mol. The van der Waals surface area contributed by atoms with Crippen LogP contribution in [0.2, 0.25) is 0 Å². The number of ether oxygens (including phenoxy) is 1. The van der Waals surface area contributed by atoms with E-state index in [0.29, 0.717) is 25.7 Å². The molecular weight excluding hydrogens is 389 g/mol. The highest BCUT2D eigenvalue weighted by atomic mass is 127. The zero-order valence-corrected chi connectivity index (χ0v) is 16.3. The SMILES string of the molecule is C=C(C)CNC(N)=NCc1cccc(COC(C)(C)C)c1.I. The molecule has 5 heteroatoms. The summed E-state index contributed by atoms with van der Waals surface area (Å²) in [6.07, 6.45) is 0. The molecule has 0 heterocycles. The Kier molecular flexibility index (Phi) is 9.36. The van der Waals surface area contributed by atoms with Crippen molar-refractivity contribution < 1.29 is 4.74 Å². The summed E-state index contributed by atoms with van der Waals surface area (Å²) in [7, 11) is 0. The van der Waals surface area contributed by atoms with Gasteiger partial charge in [0, 0.05) is 6.54 Å². The number of benzene rings is 1. The Morgan fingerprint density at radius 3 is 2.55 bits per heavy atom. The van der Waals surface area contributed by atoms with E-state index < -0.39 is 0 Å². The number of nitrogens with zero attached hydrogens (tertiary/aromatic N) is 1. The van der Waals surface area contributed by atoms with Gasteiger partial charge in [-0.05, 0) is 38.8 Å². The van der Waals surface area contributed by atoms with Crippen molar-refractivity contribution in [3.05, 3.63) is 47.5 Å². The van der Waals surface area contributed by atoms with Crippen molar-refractivity contribution in [2.75, 3.05) is 6.54 Å². The molecule has 0 unspecified atom stereocenters. The van der Waals surface area contributed by atoms with Crippen LogP contribution in [0.15, 0.2) is 41.4 Å². The first-order valence-corrected chi connectivity index (χ1v) is 7.16. The first-order chi connectivity index (χ1) is 9.76. The Morgan fingerprint density at radius 2 is 1.95 bits per heavy atom. The summed E-state index contributed by atoms with van der Waals surface area (Å²) in [5.74, 6) is 0.439. The van der Waals surface area contributed by atoms with Crippen LogP contribution in [0.1, 0.15) is 38.8 Å². The van der Waals surface area contributed by atoms with E-state index >= 15 is 0 Å². The largest absolute Gasteiger partial charge is 0.371 e. The second kappa shape index (κ2) is 9.84. The fourth-order valence-corrected chi connectivity index (χ4v) is 1.59.